The van der Waals surface area contributed by atoms with E-state index in [0.29, 0.717) is 5.75 Å². The van der Waals surface area contributed by atoms with E-state index in [1.807, 2.05) is 0 Å². The molecular formula is C10H7F3N2O3S. The first-order chi connectivity index (χ1) is 8.92. The fraction of sp³-hybridized carbons (Fsp3) is 0.300. The highest BCUT2D eigenvalue weighted by molar-refractivity contribution is 7.80. The number of nitrogens with zero attached hydrogens (tertiary/aromatic N) is 2. The van der Waals surface area contributed by atoms with Gasteiger partial charge in [0.2, 0.25) is 6.23 Å². The van der Waals surface area contributed by atoms with Gasteiger partial charge in [-0.2, -0.15) is 0 Å². The molecule has 2 rings (SSSR count). The van der Waals surface area contributed by atoms with Crippen LogP contribution in [-0.2, 0) is 4.74 Å². The van der Waals surface area contributed by atoms with Crippen molar-refractivity contribution in [2.24, 2.45) is 10.2 Å². The van der Waals surface area contributed by atoms with Crippen LogP contribution in [0.3, 0.4) is 0 Å². The quantitative estimate of drug-likeness (QED) is 0.800. The normalized spacial score (nSPS) is 18.3. The molecule has 0 amide bonds. The van der Waals surface area contributed by atoms with Crippen molar-refractivity contribution in [3.63, 3.8) is 0 Å². The lowest BCUT2D eigenvalue weighted by molar-refractivity contribution is -0.274. The number of thiocarbonyl (C=S) groups is 1. The van der Waals surface area contributed by atoms with Gasteiger partial charge in [-0.15, -0.1) is 23.4 Å². The number of benzene rings is 1. The second kappa shape index (κ2) is 5.39. The van der Waals surface area contributed by atoms with Gasteiger partial charge in [-0.05, 0) is 36.5 Å². The van der Waals surface area contributed by atoms with Gasteiger partial charge < -0.3 is 14.2 Å². The lowest BCUT2D eigenvalue weighted by atomic mass is 10.3. The first kappa shape index (κ1) is 13.5. The Bertz CT molecular complexity index is 490. The standard InChI is InChI=1S/C10H7F3N2O3S/c11-10(12,13)18-7-3-1-6(2-4-7)16-5-8-14-15-9(19)17-8/h1-4,8H,5H2. The highest BCUT2D eigenvalue weighted by Crippen LogP contribution is 2.24. The molecule has 0 saturated carbocycles. The van der Waals surface area contributed by atoms with E-state index >= 15 is 0 Å². The maximum absolute atomic E-state index is 11.9. The lowest BCUT2D eigenvalue weighted by Crippen LogP contribution is -2.17. The second-order valence-corrected chi connectivity index (χ2v) is 3.73. The summed E-state index contributed by atoms with van der Waals surface area (Å²) in [6.45, 7) is 0.0586. The molecule has 0 saturated heterocycles. The zero-order valence-corrected chi connectivity index (χ0v) is 10.1. The minimum atomic E-state index is -4.71. The minimum absolute atomic E-state index is 0.0301. The molecule has 1 aliphatic heterocycles. The fourth-order valence-electron chi connectivity index (χ4n) is 1.25. The third-order valence-electron chi connectivity index (χ3n) is 1.95. The van der Waals surface area contributed by atoms with Gasteiger partial charge in [0.1, 0.15) is 18.1 Å². The first-order valence-electron chi connectivity index (χ1n) is 5.02. The van der Waals surface area contributed by atoms with E-state index in [4.69, 9.17) is 9.47 Å². The van der Waals surface area contributed by atoms with Crippen LogP contribution in [0.2, 0.25) is 0 Å². The largest absolute Gasteiger partial charge is 0.573 e. The summed E-state index contributed by atoms with van der Waals surface area (Å²) in [5.41, 5.74) is 0. The van der Waals surface area contributed by atoms with Crippen molar-refractivity contribution in [1.82, 2.24) is 0 Å². The van der Waals surface area contributed by atoms with Crippen LogP contribution in [-0.4, -0.2) is 24.4 Å². The molecule has 9 heteroatoms. The highest BCUT2D eigenvalue weighted by Gasteiger charge is 2.31. The molecule has 5 nitrogen and oxygen atoms in total. The smallest absolute Gasteiger partial charge is 0.488 e. The number of hydrogen-bond acceptors (Lipinski definition) is 5. The maximum Gasteiger partial charge on any atom is 0.573 e. The van der Waals surface area contributed by atoms with Crippen molar-refractivity contribution >= 4 is 17.4 Å². The average molecular weight is 292 g/mol. The number of alkyl halides is 3. The van der Waals surface area contributed by atoms with Crippen LogP contribution in [0.5, 0.6) is 11.5 Å². The number of azo groups is 1. The Morgan fingerprint density at radius 3 is 2.37 bits per heavy atom. The zero-order valence-electron chi connectivity index (χ0n) is 9.26. The minimum Gasteiger partial charge on any atom is -0.488 e. The summed E-state index contributed by atoms with van der Waals surface area (Å²) in [7, 11) is 0. The van der Waals surface area contributed by atoms with Gasteiger partial charge in [0.15, 0.2) is 0 Å². The summed E-state index contributed by atoms with van der Waals surface area (Å²) in [6.07, 6.45) is -5.34. The Kier molecular flexibility index (Phi) is 3.84. The monoisotopic (exact) mass is 292 g/mol. The molecule has 0 aliphatic carbocycles. The summed E-state index contributed by atoms with van der Waals surface area (Å²) in [5, 5.41) is 7.18. The van der Waals surface area contributed by atoms with E-state index in [1.54, 1.807) is 0 Å². The molecule has 1 unspecified atom stereocenters. The third-order valence-corrected chi connectivity index (χ3v) is 2.13. The molecule has 1 heterocycles. The third kappa shape index (κ3) is 4.36. The van der Waals surface area contributed by atoms with Gasteiger partial charge in [-0.1, -0.05) is 0 Å². The molecular weight excluding hydrogens is 285 g/mol. The van der Waals surface area contributed by atoms with Crippen molar-refractivity contribution in [3.05, 3.63) is 24.3 Å². The highest BCUT2D eigenvalue weighted by atomic mass is 32.1. The molecule has 0 bridgehead atoms. The van der Waals surface area contributed by atoms with Crippen LogP contribution in [0, 0.1) is 0 Å². The van der Waals surface area contributed by atoms with E-state index in [9.17, 15) is 13.2 Å². The Labute approximate surface area is 111 Å². The summed E-state index contributed by atoms with van der Waals surface area (Å²) in [5.74, 6) is 0.0315. The van der Waals surface area contributed by atoms with Crippen molar-refractivity contribution < 1.29 is 27.4 Å². The Balaban J connectivity index is 1.85. The van der Waals surface area contributed by atoms with Gasteiger partial charge in [0.05, 0.1) is 0 Å². The van der Waals surface area contributed by atoms with Crippen LogP contribution < -0.4 is 9.47 Å². The Morgan fingerprint density at radius 2 is 1.84 bits per heavy atom. The zero-order chi connectivity index (χ0) is 13.9. The maximum atomic E-state index is 11.9. The summed E-state index contributed by atoms with van der Waals surface area (Å²) < 4.78 is 49.7. The van der Waals surface area contributed by atoms with E-state index < -0.39 is 12.6 Å². The van der Waals surface area contributed by atoms with Crippen LogP contribution in [0.25, 0.3) is 0 Å². The number of hydrogen-bond donors (Lipinski definition) is 0. The van der Waals surface area contributed by atoms with Gasteiger partial charge in [0, 0.05) is 0 Å². The predicted octanol–water partition coefficient (Wildman–Crippen LogP) is 3.06. The average Bonchev–Trinajstić information content (AvgIpc) is 2.72. The van der Waals surface area contributed by atoms with E-state index in [2.05, 4.69) is 27.2 Å². The van der Waals surface area contributed by atoms with Crippen LogP contribution >= 0.6 is 12.2 Å². The van der Waals surface area contributed by atoms with E-state index in [-0.39, 0.29) is 17.5 Å². The topological polar surface area (TPSA) is 52.4 Å². The molecule has 1 aromatic rings. The second-order valence-electron chi connectivity index (χ2n) is 3.38. The molecule has 0 N–H and O–H groups in total. The molecule has 0 radical (unpaired) electrons. The molecule has 0 aromatic heterocycles. The van der Waals surface area contributed by atoms with Gasteiger partial charge >= 0.3 is 11.5 Å². The lowest BCUT2D eigenvalue weighted by Gasteiger charge is -2.11. The fourth-order valence-corrected chi connectivity index (χ4v) is 1.41. The molecule has 0 spiro atoms. The Hall–Kier alpha value is -1.90. The molecule has 0 fully saturated rings. The van der Waals surface area contributed by atoms with Gasteiger partial charge in [-0.25, -0.2) is 0 Å². The Morgan fingerprint density at radius 1 is 1.21 bits per heavy atom. The van der Waals surface area contributed by atoms with Gasteiger partial charge in [0.25, 0.3) is 0 Å². The summed E-state index contributed by atoms with van der Waals surface area (Å²) in [6, 6.07) is 4.96. The molecule has 19 heavy (non-hydrogen) atoms. The first-order valence-corrected chi connectivity index (χ1v) is 5.43. The van der Waals surface area contributed by atoms with Crippen LogP contribution in [0.4, 0.5) is 13.2 Å². The number of rotatable bonds is 4. The van der Waals surface area contributed by atoms with Crippen molar-refractivity contribution in [3.8, 4) is 11.5 Å². The van der Waals surface area contributed by atoms with Crippen molar-refractivity contribution in [2.75, 3.05) is 6.61 Å². The van der Waals surface area contributed by atoms with Gasteiger partial charge in [-0.3, -0.25) is 0 Å². The van der Waals surface area contributed by atoms with Crippen molar-refractivity contribution in [1.29, 1.82) is 0 Å². The van der Waals surface area contributed by atoms with E-state index in [0.717, 1.165) is 12.1 Å². The molecule has 1 aliphatic rings. The number of ether oxygens (including phenoxy) is 3. The van der Waals surface area contributed by atoms with Crippen LogP contribution in [0.1, 0.15) is 0 Å². The number of halogens is 3. The van der Waals surface area contributed by atoms with E-state index in [1.165, 1.54) is 12.1 Å². The molecule has 1 atom stereocenters. The van der Waals surface area contributed by atoms with Crippen LogP contribution in [0.15, 0.2) is 34.5 Å². The molecule has 102 valence electrons. The predicted molar refractivity (Wildman–Crippen MR) is 60.9 cm³/mol. The SMILES string of the molecule is FC(F)(F)Oc1ccc(OCC2N=NC(=S)O2)cc1. The summed E-state index contributed by atoms with van der Waals surface area (Å²) >= 11 is 4.63. The summed E-state index contributed by atoms with van der Waals surface area (Å²) in [4.78, 5) is 0. The van der Waals surface area contributed by atoms with Crippen molar-refractivity contribution in [2.45, 2.75) is 12.6 Å². The molecule has 1 aromatic carbocycles.